The fourth-order valence-electron chi connectivity index (χ4n) is 1.66. The molecule has 0 unspecified atom stereocenters. The maximum absolute atomic E-state index is 5.30. The number of guanidine groups is 1. The van der Waals surface area contributed by atoms with E-state index < -0.39 is 0 Å². The molecule has 0 aromatic carbocycles. The molecule has 0 atom stereocenters. The largest absolute Gasteiger partial charge is 0.469 e. The van der Waals surface area contributed by atoms with Crippen molar-refractivity contribution in [1.82, 2.24) is 10.6 Å². The third kappa shape index (κ3) is 6.81. The van der Waals surface area contributed by atoms with Gasteiger partial charge in [-0.2, -0.15) is 11.3 Å². The van der Waals surface area contributed by atoms with Gasteiger partial charge in [-0.1, -0.05) is 6.08 Å². The minimum atomic E-state index is 0. The zero-order chi connectivity index (χ0) is 14.0. The molecule has 2 N–H and O–H groups in total. The lowest BCUT2D eigenvalue weighted by atomic mass is 10.3. The SMILES string of the molecule is C=CCNC(=NCc1ccsc1)NCCc1ccco1.I. The zero-order valence-corrected chi connectivity index (χ0v) is 14.9. The third-order valence-corrected chi connectivity index (χ3v) is 3.39. The standard InChI is InChI=1S/C15H19N3OS.HI/c1-2-7-16-15(18-11-13-6-10-20-12-13)17-8-5-14-4-3-9-19-14;/h2-4,6,9-10,12H,1,5,7-8,11H2,(H2,16,17,18);1H. The monoisotopic (exact) mass is 417 g/mol. The Bertz CT molecular complexity index is 523. The average Bonchev–Trinajstić information content (AvgIpc) is 3.14. The van der Waals surface area contributed by atoms with Crippen LogP contribution >= 0.6 is 35.3 Å². The van der Waals surface area contributed by atoms with Gasteiger partial charge in [0.05, 0.1) is 12.8 Å². The lowest BCUT2D eigenvalue weighted by Crippen LogP contribution is -2.38. The van der Waals surface area contributed by atoms with Gasteiger partial charge in [0, 0.05) is 19.5 Å². The van der Waals surface area contributed by atoms with Crippen LogP contribution in [0.4, 0.5) is 0 Å². The van der Waals surface area contributed by atoms with Gasteiger partial charge in [0.2, 0.25) is 0 Å². The highest BCUT2D eigenvalue weighted by molar-refractivity contribution is 14.0. The topological polar surface area (TPSA) is 49.6 Å². The Morgan fingerprint density at radius 1 is 1.38 bits per heavy atom. The molecule has 4 nitrogen and oxygen atoms in total. The average molecular weight is 417 g/mol. The smallest absolute Gasteiger partial charge is 0.191 e. The van der Waals surface area contributed by atoms with E-state index in [2.05, 4.69) is 39.0 Å². The summed E-state index contributed by atoms with van der Waals surface area (Å²) < 4.78 is 5.30. The number of hydrogen-bond donors (Lipinski definition) is 2. The molecule has 0 bridgehead atoms. The van der Waals surface area contributed by atoms with Gasteiger partial charge in [0.25, 0.3) is 0 Å². The first kappa shape index (κ1) is 17.8. The van der Waals surface area contributed by atoms with Crippen molar-refractivity contribution in [2.45, 2.75) is 13.0 Å². The van der Waals surface area contributed by atoms with Crippen LogP contribution in [0.5, 0.6) is 0 Å². The lowest BCUT2D eigenvalue weighted by molar-refractivity contribution is 0.507. The first-order chi connectivity index (χ1) is 9.88. The Hall–Kier alpha value is -1.28. The maximum Gasteiger partial charge on any atom is 0.191 e. The predicted octanol–water partition coefficient (Wildman–Crippen LogP) is 3.42. The number of nitrogens with zero attached hydrogens (tertiary/aromatic N) is 1. The predicted molar refractivity (Wildman–Crippen MR) is 99.5 cm³/mol. The van der Waals surface area contributed by atoms with Gasteiger partial charge in [0.1, 0.15) is 5.76 Å². The summed E-state index contributed by atoms with van der Waals surface area (Å²) in [5, 5.41) is 10.7. The van der Waals surface area contributed by atoms with E-state index in [9.17, 15) is 0 Å². The Kier molecular flexibility index (Phi) is 8.84. The Morgan fingerprint density at radius 2 is 2.29 bits per heavy atom. The molecule has 21 heavy (non-hydrogen) atoms. The molecule has 2 heterocycles. The first-order valence-electron chi connectivity index (χ1n) is 6.55. The van der Waals surface area contributed by atoms with Crippen molar-refractivity contribution in [2.24, 2.45) is 4.99 Å². The van der Waals surface area contributed by atoms with Crippen LogP contribution in [0.1, 0.15) is 11.3 Å². The summed E-state index contributed by atoms with van der Waals surface area (Å²) in [6.07, 6.45) is 4.34. The first-order valence-corrected chi connectivity index (χ1v) is 7.49. The van der Waals surface area contributed by atoms with E-state index in [1.807, 2.05) is 18.2 Å². The molecule has 2 rings (SSSR count). The summed E-state index contributed by atoms with van der Waals surface area (Å²) in [4.78, 5) is 4.55. The summed E-state index contributed by atoms with van der Waals surface area (Å²) in [7, 11) is 0. The van der Waals surface area contributed by atoms with Crippen LogP contribution in [0.15, 0.2) is 57.3 Å². The summed E-state index contributed by atoms with van der Waals surface area (Å²) in [5.41, 5.74) is 1.22. The lowest BCUT2D eigenvalue weighted by Gasteiger charge is -2.10. The van der Waals surface area contributed by atoms with E-state index in [0.717, 1.165) is 24.7 Å². The molecule has 0 aliphatic heterocycles. The van der Waals surface area contributed by atoms with Crippen molar-refractivity contribution < 1.29 is 4.42 Å². The van der Waals surface area contributed by atoms with Gasteiger partial charge >= 0.3 is 0 Å². The van der Waals surface area contributed by atoms with Crippen molar-refractivity contribution >= 4 is 41.3 Å². The summed E-state index contributed by atoms with van der Waals surface area (Å²) in [6.45, 7) is 5.85. The van der Waals surface area contributed by atoms with Crippen molar-refractivity contribution in [3.05, 3.63) is 59.2 Å². The molecule has 0 aliphatic carbocycles. The highest BCUT2D eigenvalue weighted by Crippen LogP contribution is 2.06. The van der Waals surface area contributed by atoms with E-state index in [1.165, 1.54) is 5.56 Å². The van der Waals surface area contributed by atoms with E-state index >= 15 is 0 Å². The molecule has 0 fully saturated rings. The van der Waals surface area contributed by atoms with Crippen LogP contribution in [-0.2, 0) is 13.0 Å². The summed E-state index contributed by atoms with van der Waals surface area (Å²) >= 11 is 1.69. The normalized spacial score (nSPS) is 10.8. The molecule has 2 aromatic rings. The minimum Gasteiger partial charge on any atom is -0.469 e. The zero-order valence-electron chi connectivity index (χ0n) is 11.7. The van der Waals surface area contributed by atoms with E-state index in [-0.39, 0.29) is 24.0 Å². The minimum absolute atomic E-state index is 0. The van der Waals surface area contributed by atoms with Crippen LogP contribution < -0.4 is 10.6 Å². The second kappa shape index (κ2) is 10.4. The molecule has 0 spiro atoms. The van der Waals surface area contributed by atoms with Crippen molar-refractivity contribution in [1.29, 1.82) is 0 Å². The van der Waals surface area contributed by atoms with E-state index in [0.29, 0.717) is 13.1 Å². The summed E-state index contributed by atoms with van der Waals surface area (Å²) in [5.74, 6) is 1.76. The Labute approximate surface area is 146 Å². The molecule has 6 heteroatoms. The number of rotatable bonds is 7. The van der Waals surface area contributed by atoms with Gasteiger partial charge in [-0.3, -0.25) is 0 Å². The number of furan rings is 1. The Balaban J connectivity index is 0.00000220. The summed E-state index contributed by atoms with van der Waals surface area (Å²) in [6, 6.07) is 5.96. The molecular weight excluding hydrogens is 397 g/mol. The van der Waals surface area contributed by atoms with Gasteiger partial charge in [-0.15, -0.1) is 30.6 Å². The van der Waals surface area contributed by atoms with Crippen molar-refractivity contribution in [3.8, 4) is 0 Å². The molecule has 0 aliphatic rings. The van der Waals surface area contributed by atoms with Crippen LogP contribution in [0.25, 0.3) is 0 Å². The highest BCUT2D eigenvalue weighted by atomic mass is 127. The third-order valence-electron chi connectivity index (χ3n) is 2.66. The quantitative estimate of drug-likeness (QED) is 0.314. The highest BCUT2D eigenvalue weighted by Gasteiger charge is 2.00. The number of hydrogen-bond acceptors (Lipinski definition) is 3. The van der Waals surface area contributed by atoms with Gasteiger partial charge in [-0.05, 0) is 34.5 Å². The van der Waals surface area contributed by atoms with E-state index in [1.54, 1.807) is 17.6 Å². The van der Waals surface area contributed by atoms with Crippen LogP contribution in [0, 0.1) is 0 Å². The van der Waals surface area contributed by atoms with Crippen molar-refractivity contribution in [2.75, 3.05) is 13.1 Å². The molecule has 0 radical (unpaired) electrons. The maximum atomic E-state index is 5.30. The number of thiophene rings is 1. The number of nitrogens with one attached hydrogen (secondary N) is 2. The fraction of sp³-hybridized carbons (Fsp3) is 0.267. The van der Waals surface area contributed by atoms with Crippen LogP contribution in [-0.4, -0.2) is 19.0 Å². The van der Waals surface area contributed by atoms with Crippen LogP contribution in [0.3, 0.4) is 0 Å². The molecule has 0 amide bonds. The molecule has 2 aromatic heterocycles. The van der Waals surface area contributed by atoms with Crippen molar-refractivity contribution in [3.63, 3.8) is 0 Å². The molecule has 0 saturated carbocycles. The van der Waals surface area contributed by atoms with Crippen LogP contribution in [0.2, 0.25) is 0 Å². The second-order valence-electron chi connectivity index (χ2n) is 4.22. The molecular formula is C15H20IN3OS. The fourth-order valence-corrected chi connectivity index (χ4v) is 2.31. The second-order valence-corrected chi connectivity index (χ2v) is 5.00. The molecule has 114 valence electrons. The Morgan fingerprint density at radius 3 is 2.95 bits per heavy atom. The van der Waals surface area contributed by atoms with Gasteiger partial charge in [-0.25, -0.2) is 4.99 Å². The van der Waals surface area contributed by atoms with E-state index in [4.69, 9.17) is 4.42 Å². The number of halogens is 1. The van der Waals surface area contributed by atoms with Gasteiger partial charge < -0.3 is 15.1 Å². The molecule has 0 saturated heterocycles. The van der Waals surface area contributed by atoms with Gasteiger partial charge in [0.15, 0.2) is 5.96 Å². The number of aliphatic imine (C=N–C) groups is 1.